The van der Waals surface area contributed by atoms with Gasteiger partial charge < -0.3 is 16.2 Å². The van der Waals surface area contributed by atoms with Gasteiger partial charge in [0.25, 0.3) is 5.91 Å². The summed E-state index contributed by atoms with van der Waals surface area (Å²) in [5.41, 5.74) is 5.01. The number of aliphatic hydroxyl groups excluding tert-OH is 1. The van der Waals surface area contributed by atoms with Gasteiger partial charge in [0.1, 0.15) is 5.92 Å². The third kappa shape index (κ3) is 3.25. The maximum Gasteiger partial charge on any atom is 0.255 e. The summed E-state index contributed by atoms with van der Waals surface area (Å²) >= 11 is 0. The van der Waals surface area contributed by atoms with Gasteiger partial charge in [-0.3, -0.25) is 9.59 Å². The molecular formula is C18H21N3O3. The number of benzene rings is 1. The fourth-order valence-electron chi connectivity index (χ4n) is 3.61. The highest BCUT2D eigenvalue weighted by atomic mass is 16.3. The van der Waals surface area contributed by atoms with E-state index >= 15 is 0 Å². The average molecular weight is 327 g/mol. The first-order chi connectivity index (χ1) is 11.4. The number of hydrogen-bond donors (Lipinski definition) is 3. The van der Waals surface area contributed by atoms with E-state index in [2.05, 4.69) is 5.32 Å². The van der Waals surface area contributed by atoms with Crippen molar-refractivity contribution in [3.63, 3.8) is 0 Å². The van der Waals surface area contributed by atoms with Crippen LogP contribution in [0, 0.1) is 22.7 Å². The third-order valence-electron chi connectivity index (χ3n) is 4.58. The van der Waals surface area contributed by atoms with E-state index in [9.17, 15) is 20.0 Å². The summed E-state index contributed by atoms with van der Waals surface area (Å²) in [5, 5.41) is 22.3. The van der Waals surface area contributed by atoms with Gasteiger partial charge in [-0.15, -0.1) is 0 Å². The van der Waals surface area contributed by atoms with Crippen LogP contribution in [0.5, 0.6) is 0 Å². The Kier molecular flexibility index (Phi) is 5.24. The number of nitrogens with two attached hydrogens (primary N) is 1. The van der Waals surface area contributed by atoms with E-state index in [1.807, 2.05) is 12.1 Å². The minimum atomic E-state index is -1.15. The van der Waals surface area contributed by atoms with Crippen LogP contribution in [0.25, 0.3) is 0 Å². The topological polar surface area (TPSA) is 116 Å². The highest BCUT2D eigenvalue weighted by Crippen LogP contribution is 2.50. The number of primary amides is 1. The number of nitrogens with zero attached hydrogens (tertiary/aromatic N) is 1. The minimum Gasteiger partial charge on any atom is -0.512 e. The number of anilines is 1. The van der Waals surface area contributed by atoms with Crippen LogP contribution < -0.4 is 11.1 Å². The van der Waals surface area contributed by atoms with Crippen molar-refractivity contribution in [3.8, 4) is 6.07 Å². The Labute approximate surface area is 141 Å². The molecule has 1 aliphatic carbocycles. The minimum absolute atomic E-state index is 0.0780. The second kappa shape index (κ2) is 7.18. The Hall–Kier alpha value is -2.81. The van der Waals surface area contributed by atoms with E-state index in [4.69, 9.17) is 5.73 Å². The lowest BCUT2D eigenvalue weighted by molar-refractivity contribution is -0.123. The van der Waals surface area contributed by atoms with Gasteiger partial charge in [0.15, 0.2) is 0 Å². The molecule has 1 aromatic rings. The predicted octanol–water partition coefficient (Wildman–Crippen LogP) is 2.64. The number of aliphatic hydroxyl groups is 1. The summed E-state index contributed by atoms with van der Waals surface area (Å²) in [6.45, 7) is 1.40. The van der Waals surface area contributed by atoms with Crippen molar-refractivity contribution >= 4 is 17.5 Å². The highest BCUT2D eigenvalue weighted by molar-refractivity contribution is 6.05. The van der Waals surface area contributed by atoms with Crippen LogP contribution in [0.2, 0.25) is 0 Å². The molecule has 0 spiro atoms. The first-order valence-electron chi connectivity index (χ1n) is 7.88. The standard InChI is InChI=1S/C18H21N3O3/c1-12(22)15(17(24)21-13-7-3-2-4-8-13)18(9-5-6-10-18)14(11-19)16(20)23/h2-4,7-8,14,22H,5-6,9-10H2,1H3,(H2,20,23)(H,21,24). The van der Waals surface area contributed by atoms with Crippen LogP contribution >= 0.6 is 0 Å². The van der Waals surface area contributed by atoms with Gasteiger partial charge in [0, 0.05) is 11.1 Å². The molecule has 0 aliphatic heterocycles. The third-order valence-corrected chi connectivity index (χ3v) is 4.58. The lowest BCUT2D eigenvalue weighted by atomic mass is 9.67. The number of hydrogen-bond acceptors (Lipinski definition) is 4. The second-order valence-corrected chi connectivity index (χ2v) is 6.11. The number of rotatable bonds is 5. The molecule has 1 atom stereocenters. The number of nitriles is 1. The molecule has 0 aromatic heterocycles. The zero-order valence-electron chi connectivity index (χ0n) is 13.6. The monoisotopic (exact) mass is 327 g/mol. The fourth-order valence-corrected chi connectivity index (χ4v) is 3.61. The second-order valence-electron chi connectivity index (χ2n) is 6.11. The van der Waals surface area contributed by atoms with E-state index in [1.165, 1.54) is 6.92 Å². The van der Waals surface area contributed by atoms with Crippen molar-refractivity contribution < 1.29 is 14.7 Å². The Morgan fingerprint density at radius 2 is 1.88 bits per heavy atom. The molecule has 6 heteroatoms. The molecule has 0 heterocycles. The van der Waals surface area contributed by atoms with Gasteiger partial charge in [0.05, 0.1) is 17.4 Å². The smallest absolute Gasteiger partial charge is 0.255 e. The summed E-state index contributed by atoms with van der Waals surface area (Å²) in [5.74, 6) is -2.62. The van der Waals surface area contributed by atoms with Crippen LogP contribution in [0.4, 0.5) is 5.69 Å². The first-order valence-corrected chi connectivity index (χ1v) is 7.88. The normalized spacial score (nSPS) is 18.2. The average Bonchev–Trinajstić information content (AvgIpc) is 2.98. The maximum absolute atomic E-state index is 12.8. The number of para-hydroxylation sites is 1. The Bertz CT molecular complexity index is 694. The molecule has 126 valence electrons. The number of carbonyl (C=O) groups is 2. The van der Waals surface area contributed by atoms with E-state index in [0.29, 0.717) is 18.5 Å². The SMILES string of the molecule is CC(O)=C(C(=O)Nc1ccccc1)C1(C(C#N)C(N)=O)CCCC1. The van der Waals surface area contributed by atoms with Gasteiger partial charge in [-0.25, -0.2) is 0 Å². The summed E-state index contributed by atoms with van der Waals surface area (Å²) in [7, 11) is 0. The van der Waals surface area contributed by atoms with Crippen LogP contribution in [-0.2, 0) is 9.59 Å². The molecule has 1 aliphatic rings. The van der Waals surface area contributed by atoms with Gasteiger partial charge in [-0.05, 0) is 31.9 Å². The summed E-state index contributed by atoms with van der Waals surface area (Å²) in [4.78, 5) is 24.6. The van der Waals surface area contributed by atoms with Gasteiger partial charge >= 0.3 is 0 Å². The lowest BCUT2D eigenvalue weighted by Gasteiger charge is -2.34. The molecular weight excluding hydrogens is 306 g/mol. The maximum atomic E-state index is 12.8. The van der Waals surface area contributed by atoms with E-state index < -0.39 is 23.1 Å². The lowest BCUT2D eigenvalue weighted by Crippen LogP contribution is -2.42. The number of carbonyl (C=O) groups excluding carboxylic acids is 2. The first kappa shape index (κ1) is 17.5. The van der Waals surface area contributed by atoms with Crippen LogP contribution in [0.15, 0.2) is 41.7 Å². The van der Waals surface area contributed by atoms with Crippen molar-refractivity contribution in [1.29, 1.82) is 5.26 Å². The summed E-state index contributed by atoms with van der Waals surface area (Å²) < 4.78 is 0. The quantitative estimate of drug-likeness (QED) is 0.569. The molecule has 1 unspecified atom stereocenters. The fraction of sp³-hybridized carbons (Fsp3) is 0.389. The van der Waals surface area contributed by atoms with Crippen LogP contribution in [0.3, 0.4) is 0 Å². The van der Waals surface area contributed by atoms with Crippen molar-refractivity contribution in [2.45, 2.75) is 32.6 Å². The molecule has 2 rings (SSSR count). The Morgan fingerprint density at radius 1 is 1.29 bits per heavy atom. The van der Waals surface area contributed by atoms with Gasteiger partial charge in [0.2, 0.25) is 5.91 Å². The molecule has 24 heavy (non-hydrogen) atoms. The highest BCUT2D eigenvalue weighted by Gasteiger charge is 2.50. The predicted molar refractivity (Wildman–Crippen MR) is 89.6 cm³/mol. The van der Waals surface area contributed by atoms with Gasteiger partial charge in [-0.1, -0.05) is 31.0 Å². The van der Waals surface area contributed by atoms with Crippen LogP contribution in [0.1, 0.15) is 32.6 Å². The van der Waals surface area contributed by atoms with Gasteiger partial charge in [-0.2, -0.15) is 5.26 Å². The van der Waals surface area contributed by atoms with E-state index in [0.717, 1.165) is 12.8 Å². The van der Waals surface area contributed by atoms with E-state index in [1.54, 1.807) is 24.3 Å². The molecule has 1 aromatic carbocycles. The molecule has 0 saturated heterocycles. The number of nitrogens with one attached hydrogen (secondary N) is 1. The zero-order valence-corrected chi connectivity index (χ0v) is 13.6. The number of amides is 2. The van der Waals surface area contributed by atoms with Crippen molar-refractivity contribution in [2.24, 2.45) is 17.1 Å². The molecule has 4 N–H and O–H groups in total. The summed E-state index contributed by atoms with van der Waals surface area (Å²) in [6, 6.07) is 10.8. The van der Waals surface area contributed by atoms with Crippen molar-refractivity contribution in [3.05, 3.63) is 41.7 Å². The van der Waals surface area contributed by atoms with Crippen LogP contribution in [-0.4, -0.2) is 16.9 Å². The molecule has 6 nitrogen and oxygen atoms in total. The number of allylic oxidation sites excluding steroid dienone is 1. The Morgan fingerprint density at radius 3 is 2.33 bits per heavy atom. The molecule has 1 fully saturated rings. The molecule has 0 bridgehead atoms. The van der Waals surface area contributed by atoms with E-state index in [-0.39, 0.29) is 11.3 Å². The largest absolute Gasteiger partial charge is 0.512 e. The molecule has 0 radical (unpaired) electrons. The van der Waals surface area contributed by atoms with Crippen molar-refractivity contribution in [2.75, 3.05) is 5.32 Å². The zero-order chi connectivity index (χ0) is 17.7. The van der Waals surface area contributed by atoms with Crippen molar-refractivity contribution in [1.82, 2.24) is 0 Å². The Balaban J connectivity index is 2.45. The molecule has 2 amide bonds. The molecule has 1 saturated carbocycles. The summed E-state index contributed by atoms with van der Waals surface area (Å²) in [6.07, 6.45) is 2.45.